The molecular formula is C34H18F6N2O5S2. The number of alkyl halides is 6. The molecule has 49 heavy (non-hydrogen) atoms. The van der Waals surface area contributed by atoms with E-state index in [9.17, 15) is 45.5 Å². The maximum Gasteiger partial charge on any atom is 0.416 e. The molecule has 4 aliphatic rings. The zero-order valence-corrected chi connectivity index (χ0v) is 26.3. The van der Waals surface area contributed by atoms with Gasteiger partial charge in [-0.3, -0.25) is 19.2 Å². The van der Waals surface area contributed by atoms with Gasteiger partial charge in [0.1, 0.15) is 20.6 Å². The van der Waals surface area contributed by atoms with E-state index in [1.807, 2.05) is 0 Å². The summed E-state index contributed by atoms with van der Waals surface area (Å²) in [5.74, 6) is -3.76. The highest BCUT2D eigenvalue weighted by Gasteiger charge is 2.47. The van der Waals surface area contributed by atoms with Crippen molar-refractivity contribution in [3.8, 4) is 15.6 Å². The van der Waals surface area contributed by atoms with Crippen LogP contribution >= 0.6 is 22.7 Å². The second-order valence-electron chi connectivity index (χ2n) is 12.0. The van der Waals surface area contributed by atoms with Gasteiger partial charge >= 0.3 is 12.4 Å². The highest BCUT2D eigenvalue weighted by molar-refractivity contribution is 7.23. The Balaban J connectivity index is 1.21. The average molecular weight is 713 g/mol. The summed E-state index contributed by atoms with van der Waals surface area (Å²) in [6.45, 7) is 0. The molecule has 1 aliphatic heterocycles. The number of benzene rings is 2. The molecule has 0 bridgehead atoms. The van der Waals surface area contributed by atoms with E-state index in [0.717, 1.165) is 54.9 Å². The van der Waals surface area contributed by atoms with Crippen LogP contribution in [0.15, 0.2) is 36.4 Å². The molecule has 0 amide bonds. The SMILES string of the molecule is O=C1C(=O)c2cc(C(F)(F)F)ccc2/C1=C/c1nc2c(s1)-c1sc(/C=C3\C(=O)C(=O)c4cc(C(F)(F)F)ccc43)nc1C1(CCCCC1)O2. The first-order valence-electron chi connectivity index (χ1n) is 14.9. The Bertz CT molecular complexity index is 2250. The zero-order valence-electron chi connectivity index (χ0n) is 24.7. The third kappa shape index (κ3) is 4.92. The van der Waals surface area contributed by atoms with Gasteiger partial charge in [-0.05, 0) is 73.2 Å². The van der Waals surface area contributed by atoms with Gasteiger partial charge in [-0.15, -0.1) is 22.7 Å². The van der Waals surface area contributed by atoms with E-state index >= 15 is 0 Å². The van der Waals surface area contributed by atoms with Crippen molar-refractivity contribution in [2.45, 2.75) is 50.1 Å². The number of fused-ring (bicyclic) bond motifs is 6. The molecule has 0 atom stereocenters. The zero-order chi connectivity index (χ0) is 34.6. The van der Waals surface area contributed by atoms with Gasteiger partial charge in [0.05, 0.1) is 16.0 Å². The number of rotatable bonds is 2. The number of carbonyl (C=O) groups excluding carboxylic acids is 4. The number of ketones is 4. The Morgan fingerprint density at radius 2 is 1.12 bits per heavy atom. The van der Waals surface area contributed by atoms with Gasteiger partial charge in [0.25, 0.3) is 0 Å². The van der Waals surface area contributed by atoms with Gasteiger partial charge in [-0.25, -0.2) is 9.97 Å². The van der Waals surface area contributed by atoms with Crippen molar-refractivity contribution >= 4 is 69.1 Å². The van der Waals surface area contributed by atoms with Crippen molar-refractivity contribution in [3.05, 3.63) is 85.5 Å². The molecule has 0 N–H and O–H groups in total. The number of hydrogen-bond donors (Lipinski definition) is 0. The second kappa shape index (κ2) is 10.6. The number of ether oxygens (including phenoxy) is 1. The number of Topliss-reactive ketones (excluding diaryl/α,β-unsaturated/α-hetero) is 4. The van der Waals surface area contributed by atoms with Gasteiger partial charge in [0.15, 0.2) is 5.60 Å². The number of halogens is 6. The molecule has 15 heteroatoms. The Labute approximate surface area is 280 Å². The third-order valence-electron chi connectivity index (χ3n) is 9.05. The Morgan fingerprint density at radius 3 is 1.63 bits per heavy atom. The fourth-order valence-corrected chi connectivity index (χ4v) is 8.87. The summed E-state index contributed by atoms with van der Waals surface area (Å²) in [6, 6.07) is 5.14. The van der Waals surface area contributed by atoms with Crippen molar-refractivity contribution < 1.29 is 50.3 Å². The van der Waals surface area contributed by atoms with Crippen LogP contribution in [0.25, 0.3) is 33.1 Å². The predicted molar refractivity (Wildman–Crippen MR) is 166 cm³/mol. The predicted octanol–water partition coefficient (Wildman–Crippen LogP) is 8.47. The standard InChI is InChI=1S/C34H18F6N2O5S2/c35-33(36,37)14-4-6-16-18(10-14)24(43)26(45)20(16)12-22-41-30-28(48-22)29-31(47-32(30)8-2-1-3-9-32)42-23(49-29)13-21-17-7-5-15(34(38,39)40)11-19(17)25(44)27(21)46/h4-7,10-13H,1-3,8-9H2/b20-12-,21-13-. The van der Waals surface area contributed by atoms with Crippen LogP contribution in [0.2, 0.25) is 0 Å². The molecular weight excluding hydrogens is 695 g/mol. The normalized spacial score (nSPS) is 19.8. The van der Waals surface area contributed by atoms with Crippen molar-refractivity contribution in [2.75, 3.05) is 0 Å². The number of thiazole rings is 2. The maximum atomic E-state index is 13.3. The van der Waals surface area contributed by atoms with Gasteiger partial charge in [-0.2, -0.15) is 26.3 Å². The lowest BCUT2D eigenvalue weighted by atomic mass is 9.80. The van der Waals surface area contributed by atoms with Crippen LogP contribution in [0.4, 0.5) is 26.3 Å². The van der Waals surface area contributed by atoms with Crippen LogP contribution in [-0.2, 0) is 27.5 Å². The van der Waals surface area contributed by atoms with Crippen LogP contribution in [0.3, 0.4) is 0 Å². The quantitative estimate of drug-likeness (QED) is 0.117. The Hall–Kier alpha value is -4.76. The molecule has 0 radical (unpaired) electrons. The van der Waals surface area contributed by atoms with Gasteiger partial charge < -0.3 is 4.74 Å². The molecule has 1 spiro atoms. The Kier molecular flexibility index (Phi) is 6.83. The van der Waals surface area contributed by atoms with E-state index in [2.05, 4.69) is 4.98 Å². The first-order valence-corrected chi connectivity index (χ1v) is 16.5. The Morgan fingerprint density at radius 1 is 0.633 bits per heavy atom. The number of hydrogen-bond acceptors (Lipinski definition) is 9. The van der Waals surface area contributed by atoms with E-state index in [1.54, 1.807) is 0 Å². The molecule has 7 nitrogen and oxygen atoms in total. The molecule has 8 rings (SSSR count). The van der Waals surface area contributed by atoms with E-state index in [4.69, 9.17) is 9.72 Å². The minimum Gasteiger partial charge on any atom is -0.463 e. The largest absolute Gasteiger partial charge is 0.463 e. The summed E-state index contributed by atoms with van der Waals surface area (Å²) < 4.78 is 86.3. The van der Waals surface area contributed by atoms with Crippen molar-refractivity contribution in [2.24, 2.45) is 0 Å². The topological polar surface area (TPSA) is 103 Å². The lowest BCUT2D eigenvalue weighted by Gasteiger charge is -2.38. The van der Waals surface area contributed by atoms with Gasteiger partial charge in [0.2, 0.25) is 29.0 Å². The lowest BCUT2D eigenvalue weighted by Crippen LogP contribution is -2.38. The molecule has 1 saturated carbocycles. The average Bonchev–Trinajstić information content (AvgIpc) is 3.78. The third-order valence-corrected chi connectivity index (χ3v) is 11.2. The van der Waals surface area contributed by atoms with Gasteiger partial charge in [0, 0.05) is 22.3 Å². The van der Waals surface area contributed by atoms with E-state index in [-0.39, 0.29) is 44.3 Å². The van der Waals surface area contributed by atoms with E-state index in [0.29, 0.717) is 45.4 Å². The summed E-state index contributed by atoms with van der Waals surface area (Å²) in [4.78, 5) is 61.8. The fourth-order valence-electron chi connectivity index (χ4n) is 6.71. The van der Waals surface area contributed by atoms with Crippen molar-refractivity contribution in [3.63, 3.8) is 0 Å². The molecule has 3 aliphatic carbocycles. The minimum atomic E-state index is -4.70. The molecule has 2 aromatic carbocycles. The number of allylic oxidation sites excluding steroid dienone is 2. The van der Waals surface area contributed by atoms with E-state index in [1.165, 1.54) is 23.5 Å². The van der Waals surface area contributed by atoms with Crippen molar-refractivity contribution in [1.29, 1.82) is 0 Å². The number of aromatic nitrogens is 2. The lowest BCUT2D eigenvalue weighted by molar-refractivity contribution is -0.138. The van der Waals surface area contributed by atoms with Crippen molar-refractivity contribution in [1.82, 2.24) is 9.97 Å². The smallest absolute Gasteiger partial charge is 0.416 e. The molecule has 4 aromatic rings. The number of carbonyl (C=O) groups is 4. The van der Waals surface area contributed by atoms with E-state index < -0.39 is 52.2 Å². The van der Waals surface area contributed by atoms with Gasteiger partial charge in [-0.1, -0.05) is 18.6 Å². The van der Waals surface area contributed by atoms with Crippen LogP contribution in [0.5, 0.6) is 5.88 Å². The molecule has 248 valence electrons. The molecule has 0 saturated heterocycles. The molecule has 2 aromatic heterocycles. The molecule has 0 unspecified atom stereocenters. The summed E-state index contributed by atoms with van der Waals surface area (Å²) in [5, 5.41) is 0.571. The van der Waals surface area contributed by atoms with Crippen LogP contribution < -0.4 is 4.74 Å². The summed E-state index contributed by atoms with van der Waals surface area (Å²) in [7, 11) is 0. The van der Waals surface area contributed by atoms with Crippen LogP contribution in [-0.4, -0.2) is 33.1 Å². The summed E-state index contributed by atoms with van der Waals surface area (Å²) in [6.07, 6.45) is -2.89. The number of nitrogens with zero attached hydrogens (tertiary/aromatic N) is 2. The maximum absolute atomic E-state index is 13.3. The highest BCUT2D eigenvalue weighted by Crippen LogP contribution is 2.55. The second-order valence-corrected chi connectivity index (χ2v) is 14.1. The summed E-state index contributed by atoms with van der Waals surface area (Å²) >= 11 is 2.29. The molecule has 3 heterocycles. The summed E-state index contributed by atoms with van der Waals surface area (Å²) in [5.41, 5.74) is -3.10. The monoisotopic (exact) mass is 712 g/mol. The van der Waals surface area contributed by atoms with Crippen LogP contribution in [0, 0.1) is 0 Å². The first-order chi connectivity index (χ1) is 23.1. The fraction of sp³-hybridized carbons (Fsp3) is 0.235. The minimum absolute atomic E-state index is 0.0617. The highest BCUT2D eigenvalue weighted by atomic mass is 32.1. The molecule has 1 fully saturated rings. The van der Waals surface area contributed by atoms with Crippen LogP contribution in [0.1, 0.15) is 90.8 Å². The first kappa shape index (κ1) is 31.5.